The van der Waals surface area contributed by atoms with E-state index in [1.165, 1.54) is 42.6 Å². The van der Waals surface area contributed by atoms with E-state index in [9.17, 15) is 5.11 Å². The first-order valence-electron chi connectivity index (χ1n) is 7.18. The number of benzene rings is 1. The van der Waals surface area contributed by atoms with E-state index >= 15 is 0 Å². The van der Waals surface area contributed by atoms with Crippen LogP contribution in [0, 0.1) is 5.92 Å². The Hall–Kier alpha value is -0.470. The monoisotopic (exact) mass is 262 g/mol. The highest BCUT2D eigenvalue weighted by atomic mass is 32.2. The lowest BCUT2D eigenvalue weighted by Gasteiger charge is -2.29. The van der Waals surface area contributed by atoms with Crippen LogP contribution in [0.25, 0.3) is 0 Å². The number of fused-ring (bicyclic) bond motifs is 1. The molecule has 0 spiro atoms. The molecule has 0 amide bonds. The van der Waals surface area contributed by atoms with Gasteiger partial charge in [-0.2, -0.15) is 11.8 Å². The third-order valence-corrected chi connectivity index (χ3v) is 5.72. The molecule has 18 heavy (non-hydrogen) atoms. The lowest BCUT2D eigenvalue weighted by atomic mass is 9.78. The lowest BCUT2D eigenvalue weighted by molar-refractivity contribution is 0.101. The van der Waals surface area contributed by atoms with Crippen molar-refractivity contribution < 1.29 is 5.11 Å². The molecule has 0 bridgehead atoms. The first-order chi connectivity index (χ1) is 8.84. The van der Waals surface area contributed by atoms with Gasteiger partial charge in [-0.05, 0) is 66.6 Å². The van der Waals surface area contributed by atoms with E-state index in [2.05, 4.69) is 24.3 Å². The summed E-state index contributed by atoms with van der Waals surface area (Å²) in [6.45, 7) is 0. The van der Waals surface area contributed by atoms with Gasteiger partial charge in [0.1, 0.15) is 0 Å². The normalized spacial score (nSPS) is 28.9. The van der Waals surface area contributed by atoms with Crippen LogP contribution >= 0.6 is 11.8 Å². The molecule has 98 valence electrons. The molecular formula is C16H22OS. The fourth-order valence-corrected chi connectivity index (χ4v) is 4.77. The van der Waals surface area contributed by atoms with E-state index in [0.29, 0.717) is 11.8 Å². The van der Waals surface area contributed by atoms with Crippen molar-refractivity contribution in [2.24, 2.45) is 5.92 Å². The summed E-state index contributed by atoms with van der Waals surface area (Å²) in [5.74, 6) is 3.54. The van der Waals surface area contributed by atoms with E-state index in [-0.39, 0.29) is 6.10 Å². The van der Waals surface area contributed by atoms with Crippen molar-refractivity contribution in [3.8, 4) is 0 Å². The molecule has 2 aliphatic rings. The number of aliphatic hydroxyl groups is 1. The Balaban J connectivity index is 1.70. The summed E-state index contributed by atoms with van der Waals surface area (Å²) in [5.41, 5.74) is 3.02. The van der Waals surface area contributed by atoms with Gasteiger partial charge in [0.2, 0.25) is 0 Å². The zero-order chi connectivity index (χ0) is 12.4. The molecule has 2 heteroatoms. The molecule has 0 saturated carbocycles. The van der Waals surface area contributed by atoms with Crippen molar-refractivity contribution in [3.63, 3.8) is 0 Å². The van der Waals surface area contributed by atoms with Crippen molar-refractivity contribution in [1.29, 1.82) is 0 Å². The standard InChI is InChI=1S/C16H22OS/c17-16(14-8-9-18-11-14)10-13-6-3-5-12-4-1-2-7-15(12)13/h1-2,4,7,13-14,16-17H,3,5-6,8-11H2. The smallest absolute Gasteiger partial charge is 0.0582 e. The molecule has 3 unspecified atom stereocenters. The van der Waals surface area contributed by atoms with E-state index in [0.717, 1.165) is 12.2 Å². The maximum Gasteiger partial charge on any atom is 0.0582 e. The van der Waals surface area contributed by atoms with Crippen LogP contribution in [0.5, 0.6) is 0 Å². The summed E-state index contributed by atoms with van der Waals surface area (Å²) in [6, 6.07) is 8.83. The Bertz CT molecular complexity index is 398. The van der Waals surface area contributed by atoms with Gasteiger partial charge in [0.15, 0.2) is 0 Å². The Labute approximate surface area is 114 Å². The summed E-state index contributed by atoms with van der Waals surface area (Å²) in [6.07, 6.45) is 5.86. The van der Waals surface area contributed by atoms with Crippen LogP contribution in [0.2, 0.25) is 0 Å². The SMILES string of the molecule is OC(CC1CCCc2ccccc21)C1CCSC1. The molecular weight excluding hydrogens is 240 g/mol. The predicted molar refractivity (Wildman–Crippen MR) is 78.2 cm³/mol. The highest BCUT2D eigenvalue weighted by Crippen LogP contribution is 2.37. The maximum atomic E-state index is 10.4. The van der Waals surface area contributed by atoms with Crippen molar-refractivity contribution in [3.05, 3.63) is 35.4 Å². The molecule has 1 heterocycles. The summed E-state index contributed by atoms with van der Waals surface area (Å²) in [5, 5.41) is 10.4. The molecule has 1 N–H and O–H groups in total. The molecule has 1 aliphatic carbocycles. The van der Waals surface area contributed by atoms with Crippen molar-refractivity contribution in [2.45, 2.75) is 44.1 Å². The van der Waals surface area contributed by atoms with E-state index in [1.807, 2.05) is 11.8 Å². The Morgan fingerprint density at radius 3 is 3.00 bits per heavy atom. The molecule has 1 aromatic carbocycles. The van der Waals surface area contributed by atoms with Crippen LogP contribution in [0.1, 0.15) is 42.7 Å². The molecule has 1 nitrogen and oxygen atoms in total. The minimum absolute atomic E-state index is 0.0869. The van der Waals surface area contributed by atoms with E-state index < -0.39 is 0 Å². The van der Waals surface area contributed by atoms with Gasteiger partial charge in [0, 0.05) is 0 Å². The van der Waals surface area contributed by atoms with Gasteiger partial charge < -0.3 is 5.11 Å². The van der Waals surface area contributed by atoms with Crippen LogP contribution < -0.4 is 0 Å². The zero-order valence-corrected chi connectivity index (χ0v) is 11.7. The van der Waals surface area contributed by atoms with Gasteiger partial charge in [-0.25, -0.2) is 0 Å². The van der Waals surface area contributed by atoms with Gasteiger partial charge in [0.05, 0.1) is 6.10 Å². The van der Waals surface area contributed by atoms with Gasteiger partial charge >= 0.3 is 0 Å². The van der Waals surface area contributed by atoms with Gasteiger partial charge in [-0.3, -0.25) is 0 Å². The van der Waals surface area contributed by atoms with Crippen LogP contribution in [-0.4, -0.2) is 22.7 Å². The Morgan fingerprint density at radius 1 is 1.28 bits per heavy atom. The molecule has 3 rings (SSSR count). The van der Waals surface area contributed by atoms with Crippen LogP contribution in [0.15, 0.2) is 24.3 Å². The van der Waals surface area contributed by atoms with E-state index in [4.69, 9.17) is 0 Å². The van der Waals surface area contributed by atoms with Crippen molar-refractivity contribution >= 4 is 11.8 Å². The largest absolute Gasteiger partial charge is 0.393 e. The minimum Gasteiger partial charge on any atom is -0.393 e. The quantitative estimate of drug-likeness (QED) is 0.898. The first-order valence-corrected chi connectivity index (χ1v) is 8.33. The fourth-order valence-electron chi connectivity index (χ4n) is 3.44. The number of aryl methyl sites for hydroxylation is 1. The average Bonchev–Trinajstić information content (AvgIpc) is 2.93. The minimum atomic E-state index is -0.0869. The number of aliphatic hydroxyl groups excluding tert-OH is 1. The fraction of sp³-hybridized carbons (Fsp3) is 0.625. The molecule has 1 aromatic rings. The van der Waals surface area contributed by atoms with Crippen LogP contribution in [0.3, 0.4) is 0 Å². The predicted octanol–water partition coefficient (Wildman–Crippen LogP) is 3.61. The number of hydrogen-bond donors (Lipinski definition) is 1. The number of rotatable bonds is 3. The second-order valence-corrected chi connectivity index (χ2v) is 6.86. The summed E-state index contributed by atoms with van der Waals surface area (Å²) in [4.78, 5) is 0. The Morgan fingerprint density at radius 2 is 2.17 bits per heavy atom. The molecule has 1 saturated heterocycles. The highest BCUT2D eigenvalue weighted by Gasteiger charge is 2.28. The second-order valence-electron chi connectivity index (χ2n) is 5.71. The van der Waals surface area contributed by atoms with Crippen LogP contribution in [0.4, 0.5) is 0 Å². The average molecular weight is 262 g/mol. The second kappa shape index (κ2) is 5.66. The molecule has 1 aliphatic heterocycles. The third-order valence-electron chi connectivity index (χ3n) is 4.53. The van der Waals surface area contributed by atoms with E-state index in [1.54, 1.807) is 0 Å². The third kappa shape index (κ3) is 2.60. The zero-order valence-electron chi connectivity index (χ0n) is 10.8. The van der Waals surface area contributed by atoms with Gasteiger partial charge in [-0.15, -0.1) is 0 Å². The summed E-state index contributed by atoms with van der Waals surface area (Å²) in [7, 11) is 0. The number of thioether (sulfide) groups is 1. The Kier molecular flexibility index (Phi) is 3.95. The topological polar surface area (TPSA) is 20.2 Å². The van der Waals surface area contributed by atoms with Crippen molar-refractivity contribution in [2.75, 3.05) is 11.5 Å². The highest BCUT2D eigenvalue weighted by molar-refractivity contribution is 7.99. The number of hydrogen-bond acceptors (Lipinski definition) is 2. The molecule has 3 atom stereocenters. The van der Waals surface area contributed by atoms with Crippen LogP contribution in [-0.2, 0) is 6.42 Å². The maximum absolute atomic E-state index is 10.4. The summed E-state index contributed by atoms with van der Waals surface area (Å²) < 4.78 is 0. The molecule has 1 fully saturated rings. The van der Waals surface area contributed by atoms with Crippen molar-refractivity contribution in [1.82, 2.24) is 0 Å². The summed E-state index contributed by atoms with van der Waals surface area (Å²) >= 11 is 2.00. The molecule has 0 radical (unpaired) electrons. The van der Waals surface area contributed by atoms with Gasteiger partial charge in [-0.1, -0.05) is 24.3 Å². The lowest BCUT2D eigenvalue weighted by Crippen LogP contribution is -2.24. The molecule has 0 aromatic heterocycles. The van der Waals surface area contributed by atoms with Gasteiger partial charge in [0.25, 0.3) is 0 Å². The first kappa shape index (κ1) is 12.6.